The first-order valence-electron chi connectivity index (χ1n) is 10.1. The molecule has 0 saturated heterocycles. The van der Waals surface area contributed by atoms with Crippen LogP contribution in [0.2, 0.25) is 0 Å². The minimum Gasteiger partial charge on any atom is -0.505 e. The van der Waals surface area contributed by atoms with E-state index in [-0.39, 0.29) is 16.9 Å². The molecule has 2 heterocycles. The summed E-state index contributed by atoms with van der Waals surface area (Å²) in [5.74, 6) is -1.15. The van der Waals surface area contributed by atoms with E-state index in [1.54, 1.807) is 36.7 Å². The van der Waals surface area contributed by atoms with Gasteiger partial charge in [0.05, 0.1) is 42.8 Å². The summed E-state index contributed by atoms with van der Waals surface area (Å²) in [6.07, 6.45) is 3.23. The van der Waals surface area contributed by atoms with Crippen LogP contribution in [0.25, 0.3) is 10.9 Å². The number of benzene rings is 2. The lowest BCUT2D eigenvalue weighted by Crippen LogP contribution is -2.17. The Morgan fingerprint density at radius 2 is 1.70 bits per heavy atom. The largest absolute Gasteiger partial charge is 0.505 e. The predicted octanol–water partition coefficient (Wildman–Crippen LogP) is 4.11. The molecule has 8 heteroatoms. The molecule has 33 heavy (non-hydrogen) atoms. The highest BCUT2D eigenvalue weighted by Gasteiger charge is 2.24. The lowest BCUT2D eigenvalue weighted by Gasteiger charge is -2.23. The molecule has 4 rings (SSSR count). The van der Waals surface area contributed by atoms with Gasteiger partial charge >= 0.3 is 11.9 Å². The number of aromatic nitrogens is 2. The summed E-state index contributed by atoms with van der Waals surface area (Å²) >= 11 is 0. The average molecular weight is 443 g/mol. The number of pyridine rings is 2. The van der Waals surface area contributed by atoms with Crippen LogP contribution in [-0.2, 0) is 9.47 Å². The lowest BCUT2D eigenvalue weighted by molar-refractivity contribution is 0.0587. The molecule has 0 spiro atoms. The van der Waals surface area contributed by atoms with Crippen molar-refractivity contribution in [2.24, 2.45) is 0 Å². The number of methoxy groups -OCH3 is 2. The summed E-state index contributed by atoms with van der Waals surface area (Å²) in [5.41, 5.74) is 2.30. The van der Waals surface area contributed by atoms with Crippen LogP contribution in [0.3, 0.4) is 0 Å². The first kappa shape index (κ1) is 21.8. The highest BCUT2D eigenvalue weighted by molar-refractivity contribution is 5.99. The minimum atomic E-state index is -0.672. The van der Waals surface area contributed by atoms with E-state index < -0.39 is 18.0 Å². The predicted molar refractivity (Wildman–Crippen MR) is 122 cm³/mol. The number of esters is 2. The van der Waals surface area contributed by atoms with E-state index in [4.69, 9.17) is 9.47 Å². The van der Waals surface area contributed by atoms with Gasteiger partial charge < -0.3 is 19.9 Å². The van der Waals surface area contributed by atoms with Crippen LogP contribution < -0.4 is 5.32 Å². The number of fused-ring (bicyclic) bond motifs is 1. The van der Waals surface area contributed by atoms with Gasteiger partial charge in [0.15, 0.2) is 0 Å². The van der Waals surface area contributed by atoms with Gasteiger partial charge in [-0.05, 0) is 36.4 Å². The Morgan fingerprint density at radius 3 is 2.42 bits per heavy atom. The summed E-state index contributed by atoms with van der Waals surface area (Å²) in [5, 5.41) is 15.1. The normalized spacial score (nSPS) is 11.6. The molecule has 0 amide bonds. The van der Waals surface area contributed by atoms with Crippen LogP contribution in [0.1, 0.15) is 38.0 Å². The first-order valence-corrected chi connectivity index (χ1v) is 10.1. The van der Waals surface area contributed by atoms with Crippen molar-refractivity contribution in [3.05, 3.63) is 95.4 Å². The number of carbonyl (C=O) groups excluding carboxylic acids is 2. The van der Waals surface area contributed by atoms with Crippen LogP contribution in [0, 0.1) is 0 Å². The van der Waals surface area contributed by atoms with Crippen molar-refractivity contribution in [1.29, 1.82) is 0 Å². The van der Waals surface area contributed by atoms with Crippen molar-refractivity contribution >= 4 is 28.5 Å². The SMILES string of the molecule is COC(=O)c1ccc(C(=O)OC)c(NC(c2ccccn2)c2ccc3cccnc3c2O)c1. The molecule has 0 aliphatic carbocycles. The van der Waals surface area contributed by atoms with Gasteiger partial charge in [-0.15, -0.1) is 0 Å². The lowest BCUT2D eigenvalue weighted by atomic mass is 9.98. The quantitative estimate of drug-likeness (QED) is 0.429. The molecule has 0 radical (unpaired) electrons. The molecule has 8 nitrogen and oxygen atoms in total. The zero-order valence-electron chi connectivity index (χ0n) is 18.0. The third-order valence-corrected chi connectivity index (χ3v) is 5.22. The maximum atomic E-state index is 12.4. The molecule has 2 aromatic heterocycles. The molecule has 0 fully saturated rings. The van der Waals surface area contributed by atoms with Crippen molar-refractivity contribution in [1.82, 2.24) is 9.97 Å². The Labute approximate surface area is 189 Å². The van der Waals surface area contributed by atoms with Gasteiger partial charge in [0.1, 0.15) is 11.3 Å². The van der Waals surface area contributed by atoms with E-state index in [2.05, 4.69) is 15.3 Å². The Kier molecular flexibility index (Phi) is 6.17. The smallest absolute Gasteiger partial charge is 0.339 e. The second kappa shape index (κ2) is 9.35. The van der Waals surface area contributed by atoms with Gasteiger partial charge in [0, 0.05) is 23.3 Å². The first-order chi connectivity index (χ1) is 16.0. The number of carbonyl (C=O) groups is 2. The number of hydrogen-bond donors (Lipinski definition) is 2. The highest BCUT2D eigenvalue weighted by atomic mass is 16.5. The summed E-state index contributed by atoms with van der Waals surface area (Å²) in [7, 11) is 2.55. The van der Waals surface area contributed by atoms with E-state index in [0.29, 0.717) is 22.5 Å². The Hall–Kier alpha value is -4.46. The molecule has 0 bridgehead atoms. The van der Waals surface area contributed by atoms with Crippen molar-refractivity contribution in [3.63, 3.8) is 0 Å². The fourth-order valence-electron chi connectivity index (χ4n) is 3.59. The van der Waals surface area contributed by atoms with E-state index in [0.717, 1.165) is 5.39 Å². The molecule has 2 N–H and O–H groups in total. The van der Waals surface area contributed by atoms with Gasteiger partial charge in [-0.1, -0.05) is 24.3 Å². The van der Waals surface area contributed by atoms with Gasteiger partial charge in [0.25, 0.3) is 0 Å². The summed E-state index contributed by atoms with van der Waals surface area (Å²) in [6.45, 7) is 0. The molecular formula is C25H21N3O5. The topological polar surface area (TPSA) is 111 Å². The summed E-state index contributed by atoms with van der Waals surface area (Å²) in [4.78, 5) is 33.3. The zero-order chi connectivity index (χ0) is 23.4. The summed E-state index contributed by atoms with van der Waals surface area (Å²) in [6, 6.07) is 16.4. The number of hydrogen-bond acceptors (Lipinski definition) is 8. The summed E-state index contributed by atoms with van der Waals surface area (Å²) < 4.78 is 9.72. The standard InChI is InChI=1S/C25H21N3O5/c1-32-24(30)16-9-10-17(25(31)33-2)20(14-16)28-22(19-7-3-4-12-26-19)18-11-8-15-6-5-13-27-21(15)23(18)29/h3-14,22,28-29H,1-2H3. The monoisotopic (exact) mass is 443 g/mol. The fourth-order valence-corrected chi connectivity index (χ4v) is 3.59. The van der Waals surface area contributed by atoms with E-state index in [9.17, 15) is 14.7 Å². The molecule has 0 aliphatic heterocycles. The maximum Gasteiger partial charge on any atom is 0.339 e. The van der Waals surface area contributed by atoms with E-state index >= 15 is 0 Å². The molecule has 0 saturated carbocycles. The van der Waals surface area contributed by atoms with Crippen LogP contribution >= 0.6 is 0 Å². The van der Waals surface area contributed by atoms with Crippen LogP contribution in [-0.4, -0.2) is 41.2 Å². The van der Waals surface area contributed by atoms with E-state index in [1.807, 2.05) is 18.2 Å². The number of nitrogens with zero attached hydrogens (tertiary/aromatic N) is 2. The van der Waals surface area contributed by atoms with Crippen molar-refractivity contribution in [3.8, 4) is 5.75 Å². The fraction of sp³-hybridized carbons (Fsp3) is 0.120. The van der Waals surface area contributed by atoms with E-state index in [1.165, 1.54) is 32.4 Å². The Morgan fingerprint density at radius 1 is 0.909 bits per heavy atom. The molecule has 4 aromatic rings. The Balaban J connectivity index is 1.88. The molecule has 0 aliphatic rings. The number of rotatable bonds is 6. The minimum absolute atomic E-state index is 0.0139. The van der Waals surface area contributed by atoms with Crippen LogP contribution in [0.5, 0.6) is 5.75 Å². The van der Waals surface area contributed by atoms with Gasteiger partial charge in [-0.25, -0.2) is 9.59 Å². The molecule has 166 valence electrons. The van der Waals surface area contributed by atoms with Crippen molar-refractivity contribution in [2.75, 3.05) is 19.5 Å². The van der Waals surface area contributed by atoms with Crippen LogP contribution in [0.4, 0.5) is 5.69 Å². The number of phenols is 1. The third-order valence-electron chi connectivity index (χ3n) is 5.22. The third kappa shape index (κ3) is 4.31. The number of anilines is 1. The number of nitrogens with one attached hydrogen (secondary N) is 1. The molecule has 1 atom stereocenters. The molecule has 1 unspecified atom stereocenters. The van der Waals surface area contributed by atoms with Crippen molar-refractivity contribution in [2.45, 2.75) is 6.04 Å². The Bertz CT molecular complexity index is 1320. The second-order valence-electron chi connectivity index (χ2n) is 7.15. The second-order valence-corrected chi connectivity index (χ2v) is 7.15. The molecule has 2 aromatic carbocycles. The zero-order valence-corrected chi connectivity index (χ0v) is 18.0. The average Bonchev–Trinajstić information content (AvgIpc) is 2.87. The van der Waals surface area contributed by atoms with Gasteiger partial charge in [-0.3, -0.25) is 9.97 Å². The number of aromatic hydroxyl groups is 1. The number of phenolic OH excluding ortho intramolecular Hbond substituents is 1. The number of ether oxygens (including phenoxy) is 2. The van der Waals surface area contributed by atoms with Crippen molar-refractivity contribution < 1.29 is 24.2 Å². The van der Waals surface area contributed by atoms with Gasteiger partial charge in [0.2, 0.25) is 0 Å². The maximum absolute atomic E-state index is 12.4. The highest BCUT2D eigenvalue weighted by Crippen LogP contribution is 2.36. The van der Waals surface area contributed by atoms with Crippen LogP contribution in [0.15, 0.2) is 73.1 Å². The van der Waals surface area contributed by atoms with Gasteiger partial charge in [-0.2, -0.15) is 0 Å². The molecular weight excluding hydrogens is 422 g/mol.